The van der Waals surface area contributed by atoms with E-state index in [-0.39, 0.29) is 10.8 Å². The molecular formula is C36H50O4S2. The van der Waals surface area contributed by atoms with Crippen molar-refractivity contribution in [3.05, 3.63) is 69.5 Å². The average Bonchev–Trinajstić information content (AvgIpc) is 2.87. The van der Waals surface area contributed by atoms with E-state index in [2.05, 4.69) is 76.3 Å². The molecule has 6 heteroatoms. The van der Waals surface area contributed by atoms with Crippen LogP contribution in [-0.4, -0.2) is 22.2 Å². The van der Waals surface area contributed by atoms with Gasteiger partial charge >= 0.3 is 11.9 Å². The Kier molecular flexibility index (Phi) is 11.1. The molecule has 0 bridgehead atoms. The number of thioether (sulfide) groups is 2. The van der Waals surface area contributed by atoms with Crippen LogP contribution in [0.3, 0.4) is 0 Å². The number of rotatable bonds is 14. The number of carboxylic acids is 2. The summed E-state index contributed by atoms with van der Waals surface area (Å²) in [5.74, 6) is -1.45. The topological polar surface area (TPSA) is 74.6 Å². The first-order chi connectivity index (χ1) is 19.4. The third kappa shape index (κ3) is 9.67. The molecule has 3 rings (SSSR count). The van der Waals surface area contributed by atoms with Crippen molar-refractivity contribution in [2.45, 2.75) is 107 Å². The number of carbonyl (C=O) groups is 2. The Morgan fingerprint density at radius 2 is 1.00 bits per heavy atom. The van der Waals surface area contributed by atoms with Crippen LogP contribution in [0.1, 0.15) is 118 Å². The lowest BCUT2D eigenvalue weighted by molar-refractivity contribution is -0.148. The van der Waals surface area contributed by atoms with E-state index in [9.17, 15) is 19.8 Å². The molecule has 2 aliphatic rings. The van der Waals surface area contributed by atoms with Gasteiger partial charge in [-0.3, -0.25) is 9.59 Å². The number of hydrogen-bond acceptors (Lipinski definition) is 4. The fourth-order valence-electron chi connectivity index (χ4n) is 5.36. The van der Waals surface area contributed by atoms with Crippen molar-refractivity contribution >= 4 is 45.3 Å². The molecule has 0 fully saturated rings. The fourth-order valence-corrected chi connectivity index (χ4v) is 8.44. The van der Waals surface area contributed by atoms with Gasteiger partial charge in [0.05, 0.1) is 10.8 Å². The Labute approximate surface area is 262 Å². The summed E-state index contributed by atoms with van der Waals surface area (Å²) in [6.45, 7) is 16.3. The zero-order valence-corrected chi connectivity index (χ0v) is 28.4. The fraction of sp³-hybridized carbons (Fsp3) is 0.556. The van der Waals surface area contributed by atoms with Gasteiger partial charge in [-0.2, -0.15) is 0 Å². The van der Waals surface area contributed by atoms with Crippen LogP contribution in [0.15, 0.2) is 58.4 Å². The van der Waals surface area contributed by atoms with E-state index in [1.165, 1.54) is 30.7 Å². The summed E-state index contributed by atoms with van der Waals surface area (Å²) in [5.41, 5.74) is 1.02. The lowest BCUT2D eigenvalue weighted by Crippen LogP contribution is -2.23. The van der Waals surface area contributed by atoms with Crippen LogP contribution in [0, 0.1) is 21.7 Å². The first-order valence-corrected chi connectivity index (χ1v) is 16.9. The number of hydrogen-bond donors (Lipinski definition) is 2. The van der Waals surface area contributed by atoms with E-state index in [1.807, 2.05) is 51.2 Å². The second-order valence-corrected chi connectivity index (χ2v) is 16.8. The van der Waals surface area contributed by atoms with Crippen molar-refractivity contribution in [3.8, 4) is 0 Å². The van der Waals surface area contributed by atoms with Crippen molar-refractivity contribution in [1.29, 1.82) is 0 Å². The molecule has 42 heavy (non-hydrogen) atoms. The maximum atomic E-state index is 11.5. The molecule has 0 aliphatic carbocycles. The first kappa shape index (κ1) is 34.3. The minimum Gasteiger partial charge on any atom is -0.481 e. The second-order valence-electron chi connectivity index (χ2n) is 14.4. The van der Waals surface area contributed by atoms with E-state index in [4.69, 9.17) is 0 Å². The zero-order chi connectivity index (χ0) is 31.3. The van der Waals surface area contributed by atoms with Gasteiger partial charge in [0.25, 0.3) is 0 Å². The monoisotopic (exact) mass is 610 g/mol. The highest BCUT2D eigenvalue weighted by atomic mass is 32.2. The van der Waals surface area contributed by atoms with Gasteiger partial charge in [0, 0.05) is 20.6 Å². The molecule has 2 heterocycles. The summed E-state index contributed by atoms with van der Waals surface area (Å²) < 4.78 is 0. The average molecular weight is 611 g/mol. The molecule has 0 atom stereocenters. The largest absolute Gasteiger partial charge is 0.481 e. The molecule has 0 radical (unpaired) electrons. The van der Waals surface area contributed by atoms with Crippen molar-refractivity contribution in [2.24, 2.45) is 21.7 Å². The summed E-state index contributed by atoms with van der Waals surface area (Å²) in [4.78, 5) is 28.3. The van der Waals surface area contributed by atoms with Crippen LogP contribution in [-0.2, 0) is 9.59 Å². The molecule has 0 saturated carbocycles. The van der Waals surface area contributed by atoms with Gasteiger partial charge in [0.1, 0.15) is 0 Å². The predicted octanol–water partition coefficient (Wildman–Crippen LogP) is 11.0. The number of aliphatic carboxylic acids is 2. The molecule has 2 N–H and O–H groups in total. The highest BCUT2D eigenvalue weighted by Gasteiger charge is 2.29. The maximum Gasteiger partial charge on any atom is 0.309 e. The Hall–Kier alpha value is -2.18. The molecule has 0 spiro atoms. The van der Waals surface area contributed by atoms with Crippen LogP contribution in [0.2, 0.25) is 0 Å². The molecule has 0 aromatic heterocycles. The molecule has 0 unspecified atom stereocenters. The smallest absolute Gasteiger partial charge is 0.309 e. The van der Waals surface area contributed by atoms with Crippen molar-refractivity contribution in [3.63, 3.8) is 0 Å². The van der Waals surface area contributed by atoms with Gasteiger partial charge in [-0.25, -0.2) is 0 Å². The van der Waals surface area contributed by atoms with Crippen LogP contribution in [0.5, 0.6) is 0 Å². The minimum atomic E-state index is -0.727. The van der Waals surface area contributed by atoms with Gasteiger partial charge < -0.3 is 10.2 Å². The third-order valence-electron chi connectivity index (χ3n) is 8.12. The third-order valence-corrected chi connectivity index (χ3v) is 10.4. The Morgan fingerprint density at radius 1 is 0.643 bits per heavy atom. The first-order valence-electron chi connectivity index (χ1n) is 15.2. The lowest BCUT2D eigenvalue weighted by atomic mass is 9.86. The van der Waals surface area contributed by atoms with E-state index in [0.29, 0.717) is 12.8 Å². The summed E-state index contributed by atoms with van der Waals surface area (Å²) in [6, 6.07) is 8.73. The molecule has 4 nitrogen and oxygen atoms in total. The van der Waals surface area contributed by atoms with Gasteiger partial charge in [0.15, 0.2) is 0 Å². The number of unbranched alkanes of at least 4 members (excludes halogenated alkanes) is 2. The quantitative estimate of drug-likeness (QED) is 0.204. The van der Waals surface area contributed by atoms with Gasteiger partial charge in [-0.1, -0.05) is 113 Å². The number of benzene rings is 1. The summed E-state index contributed by atoms with van der Waals surface area (Å²) >= 11 is 3.72. The van der Waals surface area contributed by atoms with Crippen molar-refractivity contribution < 1.29 is 19.8 Å². The van der Waals surface area contributed by atoms with Gasteiger partial charge in [0.2, 0.25) is 0 Å². The minimum absolute atomic E-state index is 0.0640. The summed E-state index contributed by atoms with van der Waals surface area (Å²) in [7, 11) is 0. The number of carboxylic acid groups (broad SMARTS) is 2. The highest BCUT2D eigenvalue weighted by Crippen LogP contribution is 2.51. The normalized spacial score (nSPS) is 18.5. The van der Waals surface area contributed by atoms with Crippen molar-refractivity contribution in [2.75, 3.05) is 0 Å². The van der Waals surface area contributed by atoms with Gasteiger partial charge in [-0.05, 0) is 87.2 Å². The van der Waals surface area contributed by atoms with E-state index < -0.39 is 22.8 Å². The number of allylic oxidation sites excluding steroid dienone is 6. The molecule has 0 saturated heterocycles. The van der Waals surface area contributed by atoms with Crippen LogP contribution >= 0.6 is 23.5 Å². The van der Waals surface area contributed by atoms with Crippen LogP contribution < -0.4 is 0 Å². The SMILES string of the molecule is CC1(C)C=C(CCCCC(C)(C)C(=O)O)SC(c2ccccc2C2=CC(C)(C)C=C(CCCCC(C)(C)C(=O)O)S2)=C1. The highest BCUT2D eigenvalue weighted by molar-refractivity contribution is 8.12. The van der Waals surface area contributed by atoms with Crippen LogP contribution in [0.4, 0.5) is 0 Å². The summed E-state index contributed by atoms with van der Waals surface area (Å²) in [5, 5.41) is 18.9. The summed E-state index contributed by atoms with van der Waals surface area (Å²) in [6.07, 6.45) is 16.5. The van der Waals surface area contributed by atoms with Crippen LogP contribution in [0.25, 0.3) is 9.81 Å². The molecule has 2 aliphatic heterocycles. The van der Waals surface area contributed by atoms with E-state index in [1.54, 1.807) is 0 Å². The van der Waals surface area contributed by atoms with E-state index >= 15 is 0 Å². The molecule has 230 valence electrons. The van der Waals surface area contributed by atoms with E-state index in [0.717, 1.165) is 38.5 Å². The molecule has 1 aromatic carbocycles. The predicted molar refractivity (Wildman–Crippen MR) is 181 cm³/mol. The second kappa shape index (κ2) is 13.6. The zero-order valence-electron chi connectivity index (χ0n) is 26.8. The molecule has 0 amide bonds. The van der Waals surface area contributed by atoms with Gasteiger partial charge in [-0.15, -0.1) is 0 Å². The Bertz CT molecular complexity index is 1190. The Balaban J connectivity index is 1.74. The molecule has 1 aromatic rings. The Morgan fingerprint density at radius 3 is 1.33 bits per heavy atom. The standard InChI is InChI=1S/C36H50O4S2/c1-33(2)21-25(15-11-13-19-35(5,6)31(37)38)41-29(23-33)27-17-9-10-18-28(27)30-24-34(3,4)22-26(42-30)16-12-14-20-36(7,8)32(39)40/h9-10,17-18,21-24H,11-16,19-20H2,1-8H3,(H,37,38)(H,39,40). The maximum absolute atomic E-state index is 11.5. The van der Waals surface area contributed by atoms with Crippen molar-refractivity contribution in [1.82, 2.24) is 0 Å². The lowest BCUT2D eigenvalue weighted by Gasteiger charge is -2.30. The molecular weight excluding hydrogens is 561 g/mol.